The lowest BCUT2D eigenvalue weighted by Gasteiger charge is -2.17. The highest BCUT2D eigenvalue weighted by Crippen LogP contribution is 2.10. The van der Waals surface area contributed by atoms with Gasteiger partial charge in [-0.2, -0.15) is 0 Å². The SMILES string of the molecule is CCCCCN(C)c1n[nH]c(=S)n1CC. The Labute approximate surface area is 96.3 Å². The first kappa shape index (κ1) is 12.2. The summed E-state index contributed by atoms with van der Waals surface area (Å²) in [5.74, 6) is 0.943. The molecule has 5 heteroatoms. The Balaban J connectivity index is 2.64. The van der Waals surface area contributed by atoms with Crippen molar-refractivity contribution in [1.29, 1.82) is 0 Å². The summed E-state index contributed by atoms with van der Waals surface area (Å²) >= 11 is 5.14. The summed E-state index contributed by atoms with van der Waals surface area (Å²) in [6.07, 6.45) is 3.71. The van der Waals surface area contributed by atoms with Gasteiger partial charge in [-0.25, -0.2) is 5.10 Å². The number of nitrogens with one attached hydrogen (secondary N) is 1. The summed E-state index contributed by atoms with van der Waals surface area (Å²) < 4.78 is 2.72. The van der Waals surface area contributed by atoms with Gasteiger partial charge in [0.05, 0.1) is 0 Å². The molecule has 0 aliphatic rings. The number of rotatable bonds is 6. The third-order valence-electron chi connectivity index (χ3n) is 2.49. The van der Waals surface area contributed by atoms with Gasteiger partial charge in [-0.05, 0) is 25.6 Å². The molecule has 0 aliphatic carbocycles. The first-order valence-corrected chi connectivity index (χ1v) is 5.97. The smallest absolute Gasteiger partial charge is 0.225 e. The summed E-state index contributed by atoms with van der Waals surface area (Å²) in [6, 6.07) is 0. The van der Waals surface area contributed by atoms with Crippen LogP contribution >= 0.6 is 12.2 Å². The van der Waals surface area contributed by atoms with Crippen molar-refractivity contribution in [3.8, 4) is 0 Å². The largest absolute Gasteiger partial charge is 0.344 e. The molecule has 0 unspecified atom stereocenters. The molecule has 15 heavy (non-hydrogen) atoms. The van der Waals surface area contributed by atoms with Crippen LogP contribution in [0.3, 0.4) is 0 Å². The van der Waals surface area contributed by atoms with E-state index in [1.165, 1.54) is 19.3 Å². The molecule has 1 N–H and O–H groups in total. The Morgan fingerprint density at radius 3 is 2.73 bits per heavy atom. The molecule has 1 heterocycles. The number of H-pyrrole nitrogens is 1. The molecule has 0 spiro atoms. The van der Waals surface area contributed by atoms with Crippen molar-refractivity contribution in [2.45, 2.75) is 39.7 Å². The monoisotopic (exact) mass is 228 g/mol. The fraction of sp³-hybridized carbons (Fsp3) is 0.800. The summed E-state index contributed by atoms with van der Waals surface area (Å²) in [5.41, 5.74) is 0. The lowest BCUT2D eigenvalue weighted by Crippen LogP contribution is -2.22. The molecule has 0 atom stereocenters. The lowest BCUT2D eigenvalue weighted by molar-refractivity contribution is 0.669. The van der Waals surface area contributed by atoms with Gasteiger partial charge in [0, 0.05) is 20.1 Å². The average molecular weight is 228 g/mol. The molecule has 0 saturated carbocycles. The van der Waals surface area contributed by atoms with E-state index in [1.807, 2.05) is 4.57 Å². The summed E-state index contributed by atoms with van der Waals surface area (Å²) in [7, 11) is 2.06. The maximum Gasteiger partial charge on any atom is 0.225 e. The lowest BCUT2D eigenvalue weighted by atomic mass is 10.2. The van der Waals surface area contributed by atoms with Crippen LogP contribution in [0.25, 0.3) is 0 Å². The standard InChI is InChI=1S/C10H20N4S/c1-4-6-7-8-13(3)9-11-12-10(15)14(9)5-2/h4-8H2,1-3H3,(H,12,15). The van der Waals surface area contributed by atoms with E-state index >= 15 is 0 Å². The molecule has 1 aromatic rings. The average Bonchev–Trinajstić information content (AvgIpc) is 2.59. The minimum atomic E-state index is 0.704. The summed E-state index contributed by atoms with van der Waals surface area (Å²) in [4.78, 5) is 2.16. The Morgan fingerprint density at radius 1 is 1.40 bits per heavy atom. The maximum atomic E-state index is 5.14. The summed E-state index contributed by atoms with van der Waals surface area (Å²) in [5, 5.41) is 7.07. The highest BCUT2D eigenvalue weighted by atomic mass is 32.1. The maximum absolute atomic E-state index is 5.14. The first-order valence-electron chi connectivity index (χ1n) is 5.57. The second-order valence-electron chi connectivity index (χ2n) is 3.70. The van der Waals surface area contributed by atoms with E-state index in [2.05, 4.69) is 36.0 Å². The molecule has 4 nitrogen and oxygen atoms in total. The van der Waals surface area contributed by atoms with Crippen molar-refractivity contribution < 1.29 is 0 Å². The number of hydrogen-bond donors (Lipinski definition) is 1. The van der Waals surface area contributed by atoms with E-state index in [9.17, 15) is 0 Å². The highest BCUT2D eigenvalue weighted by molar-refractivity contribution is 7.71. The number of aromatic amines is 1. The Morgan fingerprint density at radius 2 is 2.13 bits per heavy atom. The van der Waals surface area contributed by atoms with Crippen LogP contribution in [0.1, 0.15) is 33.1 Å². The molecule has 1 aromatic heterocycles. The van der Waals surface area contributed by atoms with Crippen molar-refractivity contribution in [3.05, 3.63) is 4.77 Å². The van der Waals surface area contributed by atoms with E-state index in [4.69, 9.17) is 12.2 Å². The van der Waals surface area contributed by atoms with Gasteiger partial charge in [-0.3, -0.25) is 4.57 Å². The van der Waals surface area contributed by atoms with Crippen molar-refractivity contribution >= 4 is 18.2 Å². The van der Waals surface area contributed by atoms with Gasteiger partial charge in [-0.1, -0.05) is 19.8 Å². The van der Waals surface area contributed by atoms with Crippen molar-refractivity contribution in [3.63, 3.8) is 0 Å². The van der Waals surface area contributed by atoms with Gasteiger partial charge in [0.2, 0.25) is 5.95 Å². The van der Waals surface area contributed by atoms with Crippen LogP contribution in [0.5, 0.6) is 0 Å². The minimum absolute atomic E-state index is 0.704. The molecular weight excluding hydrogens is 208 g/mol. The van der Waals surface area contributed by atoms with Gasteiger partial charge >= 0.3 is 0 Å². The molecular formula is C10H20N4S. The van der Waals surface area contributed by atoms with Crippen molar-refractivity contribution in [2.24, 2.45) is 0 Å². The second-order valence-corrected chi connectivity index (χ2v) is 4.09. The molecule has 0 bridgehead atoms. The van der Waals surface area contributed by atoms with Gasteiger partial charge in [0.1, 0.15) is 0 Å². The molecule has 0 radical (unpaired) electrons. The highest BCUT2D eigenvalue weighted by Gasteiger charge is 2.08. The Bertz CT molecular complexity index is 341. The number of unbranched alkanes of at least 4 members (excludes halogenated alkanes) is 2. The van der Waals surface area contributed by atoms with Gasteiger partial charge in [-0.15, -0.1) is 5.10 Å². The van der Waals surface area contributed by atoms with Crippen LogP contribution < -0.4 is 4.90 Å². The third-order valence-corrected chi connectivity index (χ3v) is 2.80. The predicted molar refractivity (Wildman–Crippen MR) is 65.9 cm³/mol. The molecule has 0 aromatic carbocycles. The molecule has 0 saturated heterocycles. The molecule has 0 aliphatic heterocycles. The van der Waals surface area contributed by atoms with Crippen molar-refractivity contribution in [1.82, 2.24) is 14.8 Å². The zero-order valence-corrected chi connectivity index (χ0v) is 10.6. The van der Waals surface area contributed by atoms with Crippen molar-refractivity contribution in [2.75, 3.05) is 18.5 Å². The van der Waals surface area contributed by atoms with Crippen LogP contribution in [0.2, 0.25) is 0 Å². The normalized spacial score (nSPS) is 10.6. The fourth-order valence-electron chi connectivity index (χ4n) is 1.58. The topological polar surface area (TPSA) is 36.9 Å². The number of nitrogens with zero attached hydrogens (tertiary/aromatic N) is 3. The van der Waals surface area contributed by atoms with Gasteiger partial charge in [0.25, 0.3) is 0 Å². The van der Waals surface area contributed by atoms with E-state index in [-0.39, 0.29) is 0 Å². The zero-order chi connectivity index (χ0) is 11.3. The van der Waals surface area contributed by atoms with E-state index in [1.54, 1.807) is 0 Å². The van der Waals surface area contributed by atoms with Crippen LogP contribution in [0.4, 0.5) is 5.95 Å². The zero-order valence-electron chi connectivity index (χ0n) is 9.79. The quantitative estimate of drug-likeness (QED) is 0.600. The van der Waals surface area contributed by atoms with Crippen LogP contribution in [-0.2, 0) is 6.54 Å². The van der Waals surface area contributed by atoms with Gasteiger partial charge in [0.15, 0.2) is 4.77 Å². The van der Waals surface area contributed by atoms with E-state index in [0.29, 0.717) is 4.77 Å². The fourth-order valence-corrected chi connectivity index (χ4v) is 1.84. The Kier molecular flexibility index (Phi) is 4.81. The summed E-state index contributed by atoms with van der Waals surface area (Å²) in [6.45, 7) is 6.19. The molecule has 0 amide bonds. The van der Waals surface area contributed by atoms with Crippen LogP contribution in [0, 0.1) is 4.77 Å². The van der Waals surface area contributed by atoms with E-state index < -0.39 is 0 Å². The van der Waals surface area contributed by atoms with Crippen LogP contribution in [0.15, 0.2) is 0 Å². The minimum Gasteiger partial charge on any atom is -0.344 e. The van der Waals surface area contributed by atoms with Gasteiger partial charge < -0.3 is 4.90 Å². The molecule has 1 rings (SSSR count). The van der Waals surface area contributed by atoms with Crippen LogP contribution in [-0.4, -0.2) is 28.4 Å². The Hall–Kier alpha value is -0.840. The van der Waals surface area contributed by atoms with E-state index in [0.717, 1.165) is 19.0 Å². The molecule has 0 fully saturated rings. The number of aromatic nitrogens is 3. The second kappa shape index (κ2) is 5.90. The third kappa shape index (κ3) is 3.06. The predicted octanol–water partition coefficient (Wildman–Crippen LogP) is 2.59. The number of hydrogen-bond acceptors (Lipinski definition) is 3. The first-order chi connectivity index (χ1) is 7.20. The molecule has 86 valence electrons. The number of anilines is 1.